The second-order valence-electron chi connectivity index (χ2n) is 8.93. The fourth-order valence-electron chi connectivity index (χ4n) is 5.19. The summed E-state index contributed by atoms with van der Waals surface area (Å²) in [6.45, 7) is 1.95. The highest BCUT2D eigenvalue weighted by Gasteiger charge is 2.39. The lowest BCUT2D eigenvalue weighted by Gasteiger charge is -2.46. The Kier molecular flexibility index (Phi) is 5.75. The van der Waals surface area contributed by atoms with Crippen molar-refractivity contribution < 1.29 is 13.9 Å². The number of aryl methyl sites for hydroxylation is 1. The largest absolute Gasteiger partial charge is 0.495 e. The molecule has 0 saturated carbocycles. The SMILES string of the molecule is COc1cc(/C=C2\CC[C@H]3CCC[C@@H](c4cccc(F)c4)N3C2=O)ccc1-n1cnc(C)c1. The van der Waals surface area contributed by atoms with E-state index >= 15 is 0 Å². The maximum Gasteiger partial charge on any atom is 0.250 e. The van der Waals surface area contributed by atoms with Crippen LogP contribution in [-0.2, 0) is 4.79 Å². The molecule has 2 aliphatic heterocycles. The molecule has 2 atom stereocenters. The van der Waals surface area contributed by atoms with Gasteiger partial charge in [0, 0.05) is 17.8 Å². The number of aromatic nitrogens is 2. The molecular formula is C27H28FN3O2. The van der Waals surface area contributed by atoms with Crippen molar-refractivity contribution in [3.8, 4) is 11.4 Å². The number of rotatable bonds is 4. The van der Waals surface area contributed by atoms with Crippen molar-refractivity contribution in [3.05, 3.63) is 83.2 Å². The van der Waals surface area contributed by atoms with Gasteiger partial charge in [-0.05, 0) is 80.5 Å². The van der Waals surface area contributed by atoms with E-state index in [4.69, 9.17) is 4.74 Å². The molecule has 0 spiro atoms. The number of nitrogens with zero attached hydrogens (tertiary/aromatic N) is 3. The second-order valence-corrected chi connectivity index (χ2v) is 8.93. The molecule has 2 aromatic carbocycles. The zero-order chi connectivity index (χ0) is 22.9. The zero-order valence-electron chi connectivity index (χ0n) is 19.0. The predicted molar refractivity (Wildman–Crippen MR) is 126 cm³/mol. The first-order valence-electron chi connectivity index (χ1n) is 11.5. The maximum atomic E-state index is 13.9. The van der Waals surface area contributed by atoms with Gasteiger partial charge in [0.2, 0.25) is 0 Å². The number of fused-ring (bicyclic) bond motifs is 1. The number of imidazole rings is 1. The van der Waals surface area contributed by atoms with Gasteiger partial charge in [0.25, 0.3) is 5.91 Å². The van der Waals surface area contributed by atoms with Gasteiger partial charge in [-0.15, -0.1) is 0 Å². The van der Waals surface area contributed by atoms with Gasteiger partial charge in [0.15, 0.2) is 0 Å². The number of piperidine rings is 2. The van der Waals surface area contributed by atoms with Crippen LogP contribution in [0.2, 0.25) is 0 Å². The minimum Gasteiger partial charge on any atom is -0.495 e. The smallest absolute Gasteiger partial charge is 0.250 e. The monoisotopic (exact) mass is 445 g/mol. The Morgan fingerprint density at radius 3 is 2.79 bits per heavy atom. The number of hydrogen-bond acceptors (Lipinski definition) is 3. The van der Waals surface area contributed by atoms with Crippen molar-refractivity contribution in [1.29, 1.82) is 0 Å². The lowest BCUT2D eigenvalue weighted by molar-refractivity contribution is -0.136. The van der Waals surface area contributed by atoms with Gasteiger partial charge in [-0.2, -0.15) is 0 Å². The first-order valence-corrected chi connectivity index (χ1v) is 11.5. The van der Waals surface area contributed by atoms with Crippen LogP contribution in [0.5, 0.6) is 5.75 Å². The summed E-state index contributed by atoms with van der Waals surface area (Å²) in [5, 5.41) is 0. The van der Waals surface area contributed by atoms with Gasteiger partial charge in [0.1, 0.15) is 11.6 Å². The molecule has 5 nitrogen and oxygen atoms in total. The Morgan fingerprint density at radius 2 is 2.03 bits per heavy atom. The highest BCUT2D eigenvalue weighted by atomic mass is 19.1. The van der Waals surface area contributed by atoms with Crippen LogP contribution in [0, 0.1) is 12.7 Å². The topological polar surface area (TPSA) is 47.4 Å². The Bertz CT molecular complexity index is 1220. The van der Waals surface area contributed by atoms with E-state index < -0.39 is 0 Å². The van der Waals surface area contributed by atoms with Gasteiger partial charge >= 0.3 is 0 Å². The van der Waals surface area contributed by atoms with Gasteiger partial charge < -0.3 is 14.2 Å². The summed E-state index contributed by atoms with van der Waals surface area (Å²) in [6, 6.07) is 12.8. The Morgan fingerprint density at radius 1 is 1.15 bits per heavy atom. The molecule has 0 aliphatic carbocycles. The van der Waals surface area contributed by atoms with E-state index in [0.717, 1.165) is 65.9 Å². The molecular weight excluding hydrogens is 417 g/mol. The highest BCUT2D eigenvalue weighted by molar-refractivity contribution is 5.99. The molecule has 6 heteroatoms. The molecule has 3 heterocycles. The van der Waals surface area contributed by atoms with E-state index in [0.29, 0.717) is 0 Å². The van der Waals surface area contributed by atoms with E-state index in [1.54, 1.807) is 25.6 Å². The van der Waals surface area contributed by atoms with Crippen molar-refractivity contribution >= 4 is 12.0 Å². The molecule has 2 fully saturated rings. The van der Waals surface area contributed by atoms with Crippen molar-refractivity contribution in [2.24, 2.45) is 0 Å². The summed E-state index contributed by atoms with van der Waals surface area (Å²) in [5.74, 6) is 0.530. The summed E-state index contributed by atoms with van der Waals surface area (Å²) < 4.78 is 21.5. The lowest BCUT2D eigenvalue weighted by Crippen LogP contribution is -2.49. The number of methoxy groups -OCH3 is 1. The van der Waals surface area contributed by atoms with E-state index in [2.05, 4.69) is 4.98 Å². The number of hydrogen-bond donors (Lipinski definition) is 0. The van der Waals surface area contributed by atoms with E-state index in [-0.39, 0.29) is 23.8 Å². The number of carbonyl (C=O) groups is 1. The van der Waals surface area contributed by atoms with Gasteiger partial charge in [-0.3, -0.25) is 4.79 Å². The summed E-state index contributed by atoms with van der Waals surface area (Å²) in [6.07, 6.45) is 10.3. The van der Waals surface area contributed by atoms with Crippen LogP contribution in [0.25, 0.3) is 11.8 Å². The first-order chi connectivity index (χ1) is 16.0. The first kappa shape index (κ1) is 21.4. The molecule has 2 saturated heterocycles. The maximum absolute atomic E-state index is 13.9. The highest BCUT2D eigenvalue weighted by Crippen LogP contribution is 2.41. The lowest BCUT2D eigenvalue weighted by atomic mass is 9.84. The van der Waals surface area contributed by atoms with E-state index in [1.807, 2.05) is 52.9 Å². The minimum atomic E-state index is -0.255. The van der Waals surface area contributed by atoms with Crippen molar-refractivity contribution in [3.63, 3.8) is 0 Å². The summed E-state index contributed by atoms with van der Waals surface area (Å²) in [5.41, 5.74) is 4.44. The quantitative estimate of drug-likeness (QED) is 0.489. The fourth-order valence-corrected chi connectivity index (χ4v) is 5.19. The molecule has 170 valence electrons. The average molecular weight is 446 g/mol. The summed E-state index contributed by atoms with van der Waals surface area (Å²) in [4.78, 5) is 19.9. The molecule has 1 aromatic heterocycles. The predicted octanol–water partition coefficient (Wildman–Crippen LogP) is 5.63. The van der Waals surface area contributed by atoms with Crippen molar-refractivity contribution in [1.82, 2.24) is 14.5 Å². The molecule has 0 unspecified atom stereocenters. The normalized spacial score (nSPS) is 21.8. The molecule has 3 aromatic rings. The van der Waals surface area contributed by atoms with Gasteiger partial charge in [0.05, 0.1) is 30.9 Å². The molecule has 0 bridgehead atoms. The van der Waals surface area contributed by atoms with Crippen molar-refractivity contribution in [2.75, 3.05) is 7.11 Å². The Labute approximate surface area is 193 Å². The number of amides is 1. The van der Waals surface area contributed by atoms with Gasteiger partial charge in [-0.25, -0.2) is 9.37 Å². The van der Waals surface area contributed by atoms with Crippen LogP contribution in [0.15, 0.2) is 60.6 Å². The molecule has 2 aliphatic rings. The summed E-state index contributed by atoms with van der Waals surface area (Å²) in [7, 11) is 1.65. The third-order valence-electron chi connectivity index (χ3n) is 6.77. The molecule has 5 rings (SSSR count). The number of carbonyl (C=O) groups excluding carboxylic acids is 1. The van der Waals surface area contributed by atoms with E-state index in [1.165, 1.54) is 6.07 Å². The Balaban J connectivity index is 1.45. The minimum absolute atomic E-state index is 0.0634. The Hall–Kier alpha value is -3.41. The fraction of sp³-hybridized carbons (Fsp3) is 0.333. The number of halogens is 1. The van der Waals surface area contributed by atoms with Crippen LogP contribution in [0.3, 0.4) is 0 Å². The average Bonchev–Trinajstić information content (AvgIpc) is 3.26. The third-order valence-corrected chi connectivity index (χ3v) is 6.77. The summed E-state index contributed by atoms with van der Waals surface area (Å²) >= 11 is 0. The van der Waals surface area contributed by atoms with Crippen LogP contribution in [0.1, 0.15) is 55.0 Å². The van der Waals surface area contributed by atoms with Crippen LogP contribution < -0.4 is 4.74 Å². The zero-order valence-corrected chi connectivity index (χ0v) is 19.0. The molecule has 0 radical (unpaired) electrons. The third kappa shape index (κ3) is 4.17. The van der Waals surface area contributed by atoms with Crippen molar-refractivity contribution in [2.45, 2.75) is 51.1 Å². The van der Waals surface area contributed by atoms with Crippen LogP contribution in [0.4, 0.5) is 4.39 Å². The standard InChI is InChI=1S/C27H28FN3O2/c1-18-16-30(17-29-18)25-12-9-19(14-26(25)33-2)13-21-10-11-23-7-4-8-24(31(23)27(21)32)20-5-3-6-22(28)15-20/h3,5-6,9,12-17,23-24H,4,7-8,10-11H2,1-2H3/b21-13+/t23-,24+/m1/s1. The van der Waals surface area contributed by atoms with Gasteiger partial charge in [-0.1, -0.05) is 18.2 Å². The van der Waals surface area contributed by atoms with E-state index in [9.17, 15) is 9.18 Å². The number of benzene rings is 2. The molecule has 33 heavy (non-hydrogen) atoms. The number of ether oxygens (including phenoxy) is 1. The van der Waals surface area contributed by atoms with Crippen LogP contribution >= 0.6 is 0 Å². The van der Waals surface area contributed by atoms with Crippen LogP contribution in [-0.4, -0.2) is 33.5 Å². The molecule has 1 amide bonds. The molecule has 0 N–H and O–H groups in total. The second kappa shape index (κ2) is 8.85.